The van der Waals surface area contributed by atoms with Crippen LogP contribution in [0.4, 0.5) is 0 Å². The highest BCUT2D eigenvalue weighted by molar-refractivity contribution is 6.30. The first-order valence-electron chi connectivity index (χ1n) is 7.67. The minimum absolute atomic E-state index is 0.222. The van der Waals surface area contributed by atoms with E-state index < -0.39 is 0 Å². The summed E-state index contributed by atoms with van der Waals surface area (Å²) in [7, 11) is 3.31. The molecule has 0 saturated carbocycles. The molecule has 0 bridgehead atoms. The van der Waals surface area contributed by atoms with Crippen LogP contribution in [0, 0.1) is 0 Å². The molecule has 0 unspecified atom stereocenters. The molecule has 0 atom stereocenters. The van der Waals surface area contributed by atoms with Crippen molar-refractivity contribution in [2.24, 2.45) is 4.99 Å². The number of phenols is 1. The number of rotatable bonds is 6. The molecule has 3 N–H and O–H groups in total. The normalized spacial score (nSPS) is 11.2. The summed E-state index contributed by atoms with van der Waals surface area (Å²) in [6, 6.07) is 12.9. The number of nitrogens with zero attached hydrogens (tertiary/aromatic N) is 1. The van der Waals surface area contributed by atoms with Crippen molar-refractivity contribution in [3.05, 3.63) is 58.6 Å². The molecule has 2 aromatic carbocycles. The molecule has 0 saturated heterocycles. The van der Waals surface area contributed by atoms with Gasteiger partial charge in [-0.15, -0.1) is 0 Å². The molecule has 6 heteroatoms. The number of methoxy groups -OCH3 is 1. The molecule has 0 fully saturated rings. The van der Waals surface area contributed by atoms with Crippen molar-refractivity contribution in [3.63, 3.8) is 0 Å². The summed E-state index contributed by atoms with van der Waals surface area (Å²) in [5, 5.41) is 17.1. The van der Waals surface area contributed by atoms with E-state index in [9.17, 15) is 5.11 Å². The molecule has 0 aliphatic rings. The summed E-state index contributed by atoms with van der Waals surface area (Å²) in [5.74, 6) is 1.60. The molecule has 2 rings (SSSR count). The molecule has 0 amide bonds. The average molecular weight is 348 g/mol. The van der Waals surface area contributed by atoms with Crippen molar-refractivity contribution in [2.45, 2.75) is 13.0 Å². The van der Waals surface area contributed by atoms with Crippen LogP contribution in [0.3, 0.4) is 0 Å². The van der Waals surface area contributed by atoms with Gasteiger partial charge in [-0.05, 0) is 42.3 Å². The summed E-state index contributed by atoms with van der Waals surface area (Å²) < 4.78 is 5.17. The van der Waals surface area contributed by atoms with Crippen molar-refractivity contribution in [3.8, 4) is 11.5 Å². The Morgan fingerprint density at radius 1 is 1.17 bits per heavy atom. The van der Waals surface area contributed by atoms with Gasteiger partial charge in [0.25, 0.3) is 0 Å². The minimum Gasteiger partial charge on any atom is -0.508 e. The van der Waals surface area contributed by atoms with Crippen LogP contribution in [0.2, 0.25) is 5.02 Å². The second-order valence-corrected chi connectivity index (χ2v) is 5.66. The highest BCUT2D eigenvalue weighted by Gasteiger charge is 2.05. The Morgan fingerprint density at radius 2 is 1.92 bits per heavy atom. The van der Waals surface area contributed by atoms with Gasteiger partial charge in [0.1, 0.15) is 11.5 Å². The van der Waals surface area contributed by atoms with Gasteiger partial charge in [0, 0.05) is 30.7 Å². The fourth-order valence-corrected chi connectivity index (χ4v) is 2.33. The highest BCUT2D eigenvalue weighted by Crippen LogP contribution is 2.22. The topological polar surface area (TPSA) is 65.9 Å². The van der Waals surface area contributed by atoms with Crippen LogP contribution in [0.5, 0.6) is 11.5 Å². The molecule has 24 heavy (non-hydrogen) atoms. The van der Waals surface area contributed by atoms with Gasteiger partial charge in [0.2, 0.25) is 0 Å². The number of hydrogen-bond donors (Lipinski definition) is 3. The lowest BCUT2D eigenvalue weighted by molar-refractivity contribution is 0.410. The maximum absolute atomic E-state index is 9.90. The molecular weight excluding hydrogens is 326 g/mol. The average Bonchev–Trinajstić information content (AvgIpc) is 2.60. The molecule has 0 radical (unpaired) electrons. The molecule has 2 aromatic rings. The van der Waals surface area contributed by atoms with Gasteiger partial charge >= 0.3 is 0 Å². The first kappa shape index (κ1) is 17.9. The van der Waals surface area contributed by atoms with E-state index in [1.54, 1.807) is 32.4 Å². The Kier molecular flexibility index (Phi) is 6.75. The summed E-state index contributed by atoms with van der Waals surface area (Å²) in [5.41, 5.74) is 1.95. The Hall–Kier alpha value is -2.40. The molecule has 0 heterocycles. The third kappa shape index (κ3) is 5.35. The number of aliphatic imine (C=N–C) groups is 1. The number of benzene rings is 2. The van der Waals surface area contributed by atoms with Crippen LogP contribution in [0.1, 0.15) is 11.1 Å². The lowest BCUT2D eigenvalue weighted by atomic mass is 10.1. The van der Waals surface area contributed by atoms with Gasteiger partial charge in [-0.25, -0.2) is 0 Å². The number of nitrogens with one attached hydrogen (secondary N) is 2. The molecule has 0 aliphatic carbocycles. The van der Waals surface area contributed by atoms with Gasteiger partial charge in [-0.1, -0.05) is 23.7 Å². The Bertz CT molecular complexity index is 687. The second-order valence-electron chi connectivity index (χ2n) is 5.22. The van der Waals surface area contributed by atoms with Crippen molar-refractivity contribution >= 4 is 17.6 Å². The van der Waals surface area contributed by atoms with Crippen molar-refractivity contribution in [2.75, 3.05) is 20.7 Å². The van der Waals surface area contributed by atoms with E-state index in [1.807, 2.05) is 24.3 Å². The standard InChI is InChI=1S/C18H22ClN3O2/c1-20-18(21-10-9-13-3-5-15(19)6-4-13)22-12-14-11-16(24-2)7-8-17(14)23/h3-8,11,23H,9-10,12H2,1-2H3,(H2,20,21,22). The predicted molar refractivity (Wildman–Crippen MR) is 98.0 cm³/mol. The first-order valence-corrected chi connectivity index (χ1v) is 8.05. The molecule has 128 valence electrons. The molecule has 5 nitrogen and oxygen atoms in total. The third-order valence-corrected chi connectivity index (χ3v) is 3.83. The molecular formula is C18H22ClN3O2. The second kappa shape index (κ2) is 9.03. The number of ether oxygens (including phenoxy) is 1. The van der Waals surface area contributed by atoms with Crippen LogP contribution in [-0.2, 0) is 13.0 Å². The Balaban J connectivity index is 1.83. The van der Waals surface area contributed by atoms with Gasteiger partial charge in [0.05, 0.1) is 7.11 Å². The van der Waals surface area contributed by atoms with E-state index in [-0.39, 0.29) is 5.75 Å². The number of phenolic OH excluding ortho intramolecular Hbond substituents is 1. The van der Waals surface area contributed by atoms with Crippen molar-refractivity contribution in [1.82, 2.24) is 10.6 Å². The summed E-state index contributed by atoms with van der Waals surface area (Å²) in [6.45, 7) is 1.19. The zero-order valence-corrected chi connectivity index (χ0v) is 14.6. The minimum atomic E-state index is 0.222. The predicted octanol–water partition coefficient (Wildman–Crippen LogP) is 2.96. The zero-order chi connectivity index (χ0) is 17.4. The maximum atomic E-state index is 9.90. The summed E-state index contributed by atoms with van der Waals surface area (Å²) in [4.78, 5) is 4.18. The molecule has 0 aromatic heterocycles. The largest absolute Gasteiger partial charge is 0.508 e. The van der Waals surface area contributed by atoms with E-state index in [2.05, 4.69) is 15.6 Å². The Morgan fingerprint density at radius 3 is 2.58 bits per heavy atom. The van der Waals surface area contributed by atoms with E-state index >= 15 is 0 Å². The quantitative estimate of drug-likeness (QED) is 0.555. The van der Waals surface area contributed by atoms with Gasteiger partial charge in [-0.2, -0.15) is 0 Å². The van der Waals surface area contributed by atoms with Crippen molar-refractivity contribution < 1.29 is 9.84 Å². The van der Waals surface area contributed by atoms with Crippen LogP contribution in [-0.4, -0.2) is 31.8 Å². The molecule has 0 aliphatic heterocycles. The van der Waals surface area contributed by atoms with Crippen LogP contribution >= 0.6 is 11.6 Å². The fraction of sp³-hybridized carbons (Fsp3) is 0.278. The lowest BCUT2D eigenvalue weighted by Gasteiger charge is -2.13. The van der Waals surface area contributed by atoms with Crippen LogP contribution < -0.4 is 15.4 Å². The Labute approximate surface area is 147 Å². The monoisotopic (exact) mass is 347 g/mol. The highest BCUT2D eigenvalue weighted by atomic mass is 35.5. The number of hydrogen-bond acceptors (Lipinski definition) is 3. The first-order chi connectivity index (χ1) is 11.6. The summed E-state index contributed by atoms with van der Waals surface area (Å²) >= 11 is 5.88. The summed E-state index contributed by atoms with van der Waals surface area (Å²) in [6.07, 6.45) is 0.863. The zero-order valence-electron chi connectivity index (χ0n) is 13.8. The number of aromatic hydroxyl groups is 1. The van der Waals surface area contributed by atoms with Gasteiger partial charge in [-0.3, -0.25) is 4.99 Å². The maximum Gasteiger partial charge on any atom is 0.191 e. The van der Waals surface area contributed by atoms with Gasteiger partial charge in [0.15, 0.2) is 5.96 Å². The number of guanidine groups is 1. The van der Waals surface area contributed by atoms with E-state index in [4.69, 9.17) is 16.3 Å². The fourth-order valence-electron chi connectivity index (χ4n) is 2.21. The van der Waals surface area contributed by atoms with Gasteiger partial charge < -0.3 is 20.5 Å². The smallest absolute Gasteiger partial charge is 0.191 e. The van der Waals surface area contributed by atoms with Crippen molar-refractivity contribution in [1.29, 1.82) is 0 Å². The third-order valence-electron chi connectivity index (χ3n) is 3.58. The van der Waals surface area contributed by atoms with E-state index in [0.717, 1.165) is 23.6 Å². The molecule has 0 spiro atoms. The number of halogens is 1. The van der Waals surface area contributed by atoms with E-state index in [0.29, 0.717) is 18.3 Å². The lowest BCUT2D eigenvalue weighted by Crippen LogP contribution is -2.37. The van der Waals surface area contributed by atoms with E-state index in [1.165, 1.54) is 5.56 Å². The SMILES string of the molecule is CN=C(NCCc1ccc(Cl)cc1)NCc1cc(OC)ccc1O. The van der Waals surface area contributed by atoms with Crippen LogP contribution in [0.25, 0.3) is 0 Å². The van der Waals surface area contributed by atoms with Crippen LogP contribution in [0.15, 0.2) is 47.5 Å².